The maximum absolute atomic E-state index is 11.0. The fraction of sp³-hybridized carbons (Fsp3) is 0.714. The Morgan fingerprint density at radius 2 is 1.60 bits per heavy atom. The molecule has 0 aromatic carbocycles. The molecule has 3 heteroatoms. The first-order valence-corrected chi connectivity index (χ1v) is 3.16. The summed E-state index contributed by atoms with van der Waals surface area (Å²) >= 11 is 0. The van der Waals surface area contributed by atoms with Crippen molar-refractivity contribution in [3.63, 3.8) is 0 Å². The van der Waals surface area contributed by atoms with Crippen LogP contribution in [0.4, 0.5) is 0 Å². The molecule has 0 aliphatic heterocycles. The van der Waals surface area contributed by atoms with Crippen molar-refractivity contribution in [3.05, 3.63) is 0 Å². The van der Waals surface area contributed by atoms with Gasteiger partial charge in [-0.1, -0.05) is 20.8 Å². The van der Waals surface area contributed by atoms with Gasteiger partial charge < -0.3 is 5.32 Å². The van der Waals surface area contributed by atoms with E-state index in [0.717, 1.165) is 0 Å². The number of nitrogens with one attached hydrogen (secondary N) is 1. The Labute approximate surface area is 60.8 Å². The third-order valence-electron chi connectivity index (χ3n) is 1.11. The van der Waals surface area contributed by atoms with Crippen LogP contribution >= 0.6 is 0 Å². The molecule has 0 aliphatic carbocycles. The highest BCUT2D eigenvalue weighted by atomic mass is 16.2. The second-order valence-corrected chi connectivity index (χ2v) is 3.16. The van der Waals surface area contributed by atoms with Gasteiger partial charge in [0.25, 0.3) is 5.91 Å². The SMILES string of the molecule is CNC(=O)C(=O)C(C)(C)C. The number of ketones is 1. The monoisotopic (exact) mass is 143 g/mol. The van der Waals surface area contributed by atoms with Gasteiger partial charge in [0, 0.05) is 12.5 Å². The van der Waals surface area contributed by atoms with Crippen LogP contribution in [0.2, 0.25) is 0 Å². The van der Waals surface area contributed by atoms with Gasteiger partial charge in [-0.15, -0.1) is 0 Å². The van der Waals surface area contributed by atoms with Gasteiger partial charge in [-0.05, 0) is 0 Å². The van der Waals surface area contributed by atoms with E-state index in [1.807, 2.05) is 0 Å². The van der Waals surface area contributed by atoms with Crippen molar-refractivity contribution < 1.29 is 9.59 Å². The minimum Gasteiger partial charge on any atom is -0.353 e. The largest absolute Gasteiger partial charge is 0.353 e. The maximum Gasteiger partial charge on any atom is 0.287 e. The van der Waals surface area contributed by atoms with Gasteiger partial charge in [-0.25, -0.2) is 0 Å². The topological polar surface area (TPSA) is 46.2 Å². The van der Waals surface area contributed by atoms with Crippen LogP contribution in [0.5, 0.6) is 0 Å². The number of rotatable bonds is 1. The van der Waals surface area contributed by atoms with Crippen molar-refractivity contribution in [2.75, 3.05) is 7.05 Å². The van der Waals surface area contributed by atoms with E-state index in [-0.39, 0.29) is 5.78 Å². The minimum atomic E-state index is -0.569. The molecule has 1 N–H and O–H groups in total. The lowest BCUT2D eigenvalue weighted by Crippen LogP contribution is -2.36. The van der Waals surface area contributed by atoms with Crippen LogP contribution in [0.1, 0.15) is 20.8 Å². The standard InChI is InChI=1S/C7H13NO2/c1-7(2,3)5(9)6(10)8-4/h1-4H3,(H,8,10). The highest BCUT2D eigenvalue weighted by Crippen LogP contribution is 2.13. The van der Waals surface area contributed by atoms with Crippen LogP contribution in [0.3, 0.4) is 0 Å². The third kappa shape index (κ3) is 2.17. The van der Waals surface area contributed by atoms with Gasteiger partial charge in [0.2, 0.25) is 5.78 Å². The summed E-state index contributed by atoms with van der Waals surface area (Å²) in [7, 11) is 1.45. The van der Waals surface area contributed by atoms with E-state index < -0.39 is 11.3 Å². The molecule has 0 radical (unpaired) electrons. The number of hydrogen-bond acceptors (Lipinski definition) is 2. The van der Waals surface area contributed by atoms with Crippen LogP contribution in [-0.4, -0.2) is 18.7 Å². The molecule has 0 fully saturated rings. The molecule has 0 rings (SSSR count). The van der Waals surface area contributed by atoms with E-state index in [0.29, 0.717) is 0 Å². The first-order valence-electron chi connectivity index (χ1n) is 3.16. The van der Waals surface area contributed by atoms with Crippen molar-refractivity contribution in [1.82, 2.24) is 5.32 Å². The summed E-state index contributed by atoms with van der Waals surface area (Å²) in [6.45, 7) is 5.14. The molecule has 0 aromatic rings. The molecule has 10 heavy (non-hydrogen) atoms. The number of carbonyl (C=O) groups is 2. The predicted molar refractivity (Wildman–Crippen MR) is 38.5 cm³/mol. The third-order valence-corrected chi connectivity index (χ3v) is 1.11. The van der Waals surface area contributed by atoms with Crippen molar-refractivity contribution in [3.8, 4) is 0 Å². The lowest BCUT2D eigenvalue weighted by atomic mass is 9.90. The molecule has 0 aliphatic rings. The smallest absolute Gasteiger partial charge is 0.287 e. The zero-order valence-corrected chi connectivity index (χ0v) is 6.82. The fourth-order valence-corrected chi connectivity index (χ4v) is 0.454. The quantitative estimate of drug-likeness (QED) is 0.538. The molecule has 0 heterocycles. The summed E-state index contributed by atoms with van der Waals surface area (Å²) in [5.41, 5.74) is -0.569. The van der Waals surface area contributed by atoms with Gasteiger partial charge >= 0.3 is 0 Å². The molecule has 0 aromatic heterocycles. The number of Topliss-reactive ketones (excluding diaryl/α,β-unsaturated/α-hetero) is 1. The van der Waals surface area contributed by atoms with E-state index in [4.69, 9.17) is 0 Å². The van der Waals surface area contributed by atoms with E-state index in [1.165, 1.54) is 7.05 Å². The summed E-state index contributed by atoms with van der Waals surface area (Å²) in [4.78, 5) is 21.7. The molecule has 0 atom stereocenters. The Morgan fingerprint density at radius 1 is 1.20 bits per heavy atom. The molecule has 3 nitrogen and oxygen atoms in total. The Hall–Kier alpha value is -0.860. The van der Waals surface area contributed by atoms with Crippen molar-refractivity contribution in [2.45, 2.75) is 20.8 Å². The first-order chi connectivity index (χ1) is 4.39. The Bertz CT molecular complexity index is 155. The molecule has 0 bridgehead atoms. The normalized spacial score (nSPS) is 10.8. The fourth-order valence-electron chi connectivity index (χ4n) is 0.454. The molecular formula is C7H13NO2. The van der Waals surface area contributed by atoms with Crippen molar-refractivity contribution >= 4 is 11.7 Å². The maximum atomic E-state index is 11.0. The van der Waals surface area contributed by atoms with Crippen molar-refractivity contribution in [2.24, 2.45) is 5.41 Å². The van der Waals surface area contributed by atoms with Gasteiger partial charge in [-0.2, -0.15) is 0 Å². The van der Waals surface area contributed by atoms with E-state index in [9.17, 15) is 9.59 Å². The summed E-state index contributed by atoms with van der Waals surface area (Å²) < 4.78 is 0. The molecule has 1 amide bonds. The minimum absolute atomic E-state index is 0.380. The Kier molecular flexibility index (Phi) is 2.57. The second-order valence-electron chi connectivity index (χ2n) is 3.16. The molecule has 0 saturated heterocycles. The molecular weight excluding hydrogens is 130 g/mol. The van der Waals surface area contributed by atoms with Gasteiger partial charge in [0.1, 0.15) is 0 Å². The summed E-state index contributed by atoms with van der Waals surface area (Å²) in [5.74, 6) is -0.900. The predicted octanol–water partition coefficient (Wildman–Crippen LogP) is 0.348. The average molecular weight is 143 g/mol. The van der Waals surface area contributed by atoms with Crippen LogP contribution in [-0.2, 0) is 9.59 Å². The van der Waals surface area contributed by atoms with Crippen LogP contribution in [0.25, 0.3) is 0 Å². The number of amides is 1. The Morgan fingerprint density at radius 3 is 1.70 bits per heavy atom. The van der Waals surface area contributed by atoms with Gasteiger partial charge in [0.15, 0.2) is 0 Å². The van der Waals surface area contributed by atoms with Crippen molar-refractivity contribution in [1.29, 1.82) is 0 Å². The zero-order valence-electron chi connectivity index (χ0n) is 6.82. The average Bonchev–Trinajstić information content (AvgIpc) is 1.83. The first kappa shape index (κ1) is 9.14. The highest BCUT2D eigenvalue weighted by molar-refractivity contribution is 6.37. The second kappa shape index (κ2) is 2.82. The molecule has 0 unspecified atom stereocenters. The lowest BCUT2D eigenvalue weighted by Gasteiger charge is -2.14. The summed E-state index contributed by atoms with van der Waals surface area (Å²) in [5, 5.41) is 2.28. The lowest BCUT2D eigenvalue weighted by molar-refractivity contribution is -0.142. The number of carbonyl (C=O) groups excluding carboxylic acids is 2. The number of hydrogen-bond donors (Lipinski definition) is 1. The Balaban J connectivity index is 4.24. The summed E-state index contributed by atoms with van der Waals surface area (Å²) in [6.07, 6.45) is 0. The number of likely N-dealkylation sites (N-methyl/N-ethyl adjacent to an activating group) is 1. The highest BCUT2D eigenvalue weighted by Gasteiger charge is 2.26. The zero-order chi connectivity index (χ0) is 8.36. The molecule has 0 saturated carbocycles. The van der Waals surface area contributed by atoms with Crippen LogP contribution in [0, 0.1) is 5.41 Å². The van der Waals surface area contributed by atoms with E-state index >= 15 is 0 Å². The van der Waals surface area contributed by atoms with Gasteiger partial charge in [0.05, 0.1) is 0 Å². The molecule has 0 spiro atoms. The summed E-state index contributed by atoms with van der Waals surface area (Å²) in [6, 6.07) is 0. The molecule has 58 valence electrons. The van der Waals surface area contributed by atoms with Gasteiger partial charge in [-0.3, -0.25) is 9.59 Å². The van der Waals surface area contributed by atoms with Crippen LogP contribution in [0.15, 0.2) is 0 Å². The van der Waals surface area contributed by atoms with E-state index in [2.05, 4.69) is 5.32 Å². The van der Waals surface area contributed by atoms with Crippen LogP contribution < -0.4 is 5.32 Å². The van der Waals surface area contributed by atoms with E-state index in [1.54, 1.807) is 20.8 Å².